The first-order valence-corrected chi connectivity index (χ1v) is 13.3. The first-order valence-electron chi connectivity index (χ1n) is 12.4. The molecule has 2 bridgehead atoms. The van der Waals surface area contributed by atoms with Crippen molar-refractivity contribution in [3.63, 3.8) is 0 Å². The van der Waals surface area contributed by atoms with E-state index in [1.54, 1.807) is 0 Å². The number of hydrogen-bond donors (Lipinski definition) is 4. The van der Waals surface area contributed by atoms with Crippen LogP contribution in [0.4, 0.5) is 13.2 Å². The first-order chi connectivity index (χ1) is 16.4. The average molecular weight is 544 g/mol. The van der Waals surface area contributed by atoms with Crippen molar-refractivity contribution in [3.05, 3.63) is 0 Å². The predicted octanol–water partition coefficient (Wildman–Crippen LogP) is 2.89. The van der Waals surface area contributed by atoms with E-state index in [1.165, 1.54) is 0 Å². The van der Waals surface area contributed by atoms with Crippen LogP contribution in [-0.4, -0.2) is 75.8 Å². The van der Waals surface area contributed by atoms with Gasteiger partial charge >= 0.3 is 6.18 Å². The van der Waals surface area contributed by atoms with Gasteiger partial charge in [-0.05, 0) is 70.6 Å². The summed E-state index contributed by atoms with van der Waals surface area (Å²) in [4.78, 5) is 25.5. The summed E-state index contributed by atoms with van der Waals surface area (Å²) in [6.07, 6.45) is -0.511. The van der Waals surface area contributed by atoms with Crippen molar-refractivity contribution in [2.45, 2.75) is 123 Å². The average Bonchev–Trinajstić information content (AvgIpc) is 2.80. The highest BCUT2D eigenvalue weighted by molar-refractivity contribution is 6.30. The van der Waals surface area contributed by atoms with Crippen molar-refractivity contribution in [2.24, 2.45) is 0 Å². The molecule has 4 saturated carbocycles. The van der Waals surface area contributed by atoms with Gasteiger partial charge in [0.25, 0.3) is 0 Å². The number of aliphatic hydroxyl groups excluding tert-OH is 1. The van der Waals surface area contributed by atoms with Crippen LogP contribution < -0.4 is 16.0 Å². The topological polar surface area (TPSA) is 99.7 Å². The number of fused-ring (bicyclic) bond motifs is 3. The lowest BCUT2D eigenvalue weighted by atomic mass is 9.59. The summed E-state index contributed by atoms with van der Waals surface area (Å²) in [5, 5.41) is 19.0. The summed E-state index contributed by atoms with van der Waals surface area (Å²) in [5.74, 6) is -0.770. The van der Waals surface area contributed by atoms with Crippen LogP contribution >= 0.6 is 23.2 Å². The number of nitrogens with one attached hydrogen (secondary N) is 3. The van der Waals surface area contributed by atoms with Gasteiger partial charge in [0.05, 0.1) is 34.5 Å². The van der Waals surface area contributed by atoms with E-state index in [-0.39, 0.29) is 42.2 Å². The Labute approximate surface area is 213 Å². The third kappa shape index (κ3) is 6.20. The van der Waals surface area contributed by atoms with E-state index < -0.39 is 41.3 Å². The quantitative estimate of drug-likeness (QED) is 0.386. The molecule has 1 saturated heterocycles. The highest BCUT2D eigenvalue weighted by atomic mass is 35.5. The fraction of sp³-hybridized carbons (Fsp3) is 0.913. The third-order valence-electron chi connectivity index (χ3n) is 8.29. The van der Waals surface area contributed by atoms with Crippen molar-refractivity contribution in [2.75, 3.05) is 6.61 Å². The van der Waals surface area contributed by atoms with Crippen LogP contribution in [0.1, 0.15) is 70.6 Å². The zero-order chi connectivity index (χ0) is 25.4. The summed E-state index contributed by atoms with van der Waals surface area (Å²) in [7, 11) is 0. The molecule has 12 heteroatoms. The lowest BCUT2D eigenvalue weighted by molar-refractivity contribution is -0.165. The van der Waals surface area contributed by atoms with Gasteiger partial charge in [0.1, 0.15) is 12.6 Å². The Kier molecular flexibility index (Phi) is 8.18. The molecule has 0 aromatic carbocycles. The largest absolute Gasteiger partial charge is 0.403 e. The minimum atomic E-state index is -4.39. The molecule has 0 radical (unpaired) electrons. The Hall–Kier alpha value is -0.810. The van der Waals surface area contributed by atoms with Crippen molar-refractivity contribution in [1.82, 2.24) is 16.0 Å². The molecule has 2 amide bonds. The number of halogens is 5. The monoisotopic (exact) mass is 543 g/mol. The van der Waals surface area contributed by atoms with Gasteiger partial charge in [-0.1, -0.05) is 0 Å². The molecular formula is C23H34Cl2F3N3O4. The van der Waals surface area contributed by atoms with Crippen molar-refractivity contribution < 1.29 is 32.6 Å². The molecule has 4 N–H and O–H groups in total. The summed E-state index contributed by atoms with van der Waals surface area (Å²) < 4.78 is 45.0. The van der Waals surface area contributed by atoms with Gasteiger partial charge < -0.3 is 20.5 Å². The van der Waals surface area contributed by atoms with Crippen LogP contribution in [-0.2, 0) is 14.3 Å². The molecule has 5 rings (SSSR count). The van der Waals surface area contributed by atoms with E-state index in [1.807, 2.05) is 0 Å². The lowest BCUT2D eigenvalue weighted by Gasteiger charge is -2.56. The SMILES string of the molecule is O=C(COC1CCC(Cl)C(Cl)C1)NC12CCC(NC(=O)C3CCCC(C(F)(F)F)N3)(CC1)C[C@@H]2O. The number of aliphatic hydroxyl groups is 1. The standard InChI is InChI=1S/C23H34Cl2F3N3O4/c24-14-5-4-13(10-15(14)25)35-12-19(33)30-22-8-6-21(7-9-22,11-18(22)32)31-20(34)16-2-1-3-17(29-16)23(26,27)28/h13-18,29,32H,1-12H2,(H,30,33)(H,31,34)/t13?,14?,15?,16?,17?,18-,21?,22?/m0/s1. The number of piperidine rings is 1. The molecule has 0 aromatic rings. The van der Waals surface area contributed by atoms with Gasteiger partial charge in [-0.25, -0.2) is 0 Å². The van der Waals surface area contributed by atoms with E-state index in [0.29, 0.717) is 44.9 Å². The van der Waals surface area contributed by atoms with Crippen LogP contribution in [0.5, 0.6) is 0 Å². The predicted molar refractivity (Wildman–Crippen MR) is 124 cm³/mol. The molecule has 4 aliphatic carbocycles. The molecule has 0 spiro atoms. The number of hydrogen-bond acceptors (Lipinski definition) is 5. The molecule has 7 nitrogen and oxygen atoms in total. The highest BCUT2D eigenvalue weighted by Crippen LogP contribution is 2.47. The number of rotatable bonds is 6. The number of ether oxygens (including phenoxy) is 1. The van der Waals surface area contributed by atoms with Crippen LogP contribution in [0.25, 0.3) is 0 Å². The molecular weight excluding hydrogens is 510 g/mol. The number of alkyl halides is 5. The minimum absolute atomic E-state index is 0.0382. The third-order valence-corrected chi connectivity index (χ3v) is 9.43. The summed E-state index contributed by atoms with van der Waals surface area (Å²) in [6, 6.07) is -2.59. The van der Waals surface area contributed by atoms with Crippen molar-refractivity contribution in [1.29, 1.82) is 0 Å². The maximum atomic E-state index is 13.1. The van der Waals surface area contributed by atoms with Crippen LogP contribution in [0.2, 0.25) is 0 Å². The molecule has 6 atom stereocenters. The van der Waals surface area contributed by atoms with Gasteiger partial charge in [0.2, 0.25) is 11.8 Å². The highest BCUT2D eigenvalue weighted by Gasteiger charge is 2.56. The van der Waals surface area contributed by atoms with E-state index in [9.17, 15) is 27.9 Å². The van der Waals surface area contributed by atoms with Crippen LogP contribution in [0.3, 0.4) is 0 Å². The van der Waals surface area contributed by atoms with Gasteiger partial charge in [0.15, 0.2) is 0 Å². The lowest BCUT2D eigenvalue weighted by Crippen LogP contribution is -2.71. The zero-order valence-corrected chi connectivity index (χ0v) is 21.0. The number of amides is 2. The Morgan fingerprint density at radius 1 is 1.03 bits per heavy atom. The maximum Gasteiger partial charge on any atom is 0.403 e. The van der Waals surface area contributed by atoms with Gasteiger partial charge in [0, 0.05) is 5.54 Å². The molecule has 5 aliphatic rings. The van der Waals surface area contributed by atoms with Crippen LogP contribution in [0.15, 0.2) is 0 Å². The molecule has 1 heterocycles. The molecule has 5 unspecified atom stereocenters. The maximum absolute atomic E-state index is 13.1. The normalized spacial score (nSPS) is 41.9. The van der Waals surface area contributed by atoms with E-state index in [4.69, 9.17) is 27.9 Å². The molecule has 200 valence electrons. The fourth-order valence-corrected chi connectivity index (χ4v) is 6.67. The van der Waals surface area contributed by atoms with Crippen molar-refractivity contribution >= 4 is 35.0 Å². The minimum Gasteiger partial charge on any atom is -0.391 e. The second-order valence-electron chi connectivity index (χ2n) is 10.7. The molecule has 35 heavy (non-hydrogen) atoms. The molecule has 1 aliphatic heterocycles. The van der Waals surface area contributed by atoms with Gasteiger partial charge in [-0.15, -0.1) is 23.2 Å². The summed E-state index contributed by atoms with van der Waals surface area (Å²) in [5.41, 5.74) is -1.47. The Bertz CT molecular complexity index is 794. The Morgan fingerprint density at radius 2 is 1.74 bits per heavy atom. The second kappa shape index (κ2) is 10.5. The first kappa shape index (κ1) is 27.2. The molecule has 5 fully saturated rings. The van der Waals surface area contributed by atoms with E-state index in [2.05, 4.69) is 16.0 Å². The number of carbonyl (C=O) groups excluding carboxylic acids is 2. The Balaban J connectivity index is 1.27. The van der Waals surface area contributed by atoms with Gasteiger partial charge in [-0.2, -0.15) is 13.2 Å². The zero-order valence-electron chi connectivity index (χ0n) is 19.5. The second-order valence-corrected chi connectivity index (χ2v) is 11.8. The fourth-order valence-electron chi connectivity index (χ4n) is 6.11. The van der Waals surface area contributed by atoms with E-state index in [0.717, 1.165) is 12.8 Å². The van der Waals surface area contributed by atoms with Crippen molar-refractivity contribution in [3.8, 4) is 0 Å². The summed E-state index contributed by atoms with van der Waals surface area (Å²) >= 11 is 12.3. The van der Waals surface area contributed by atoms with Gasteiger partial charge in [-0.3, -0.25) is 14.9 Å². The van der Waals surface area contributed by atoms with Crippen LogP contribution in [0, 0.1) is 0 Å². The van der Waals surface area contributed by atoms with E-state index >= 15 is 0 Å². The summed E-state index contributed by atoms with van der Waals surface area (Å²) in [6.45, 7) is -0.134. The molecule has 0 aromatic heterocycles. The number of carbonyl (C=O) groups is 2. The smallest absolute Gasteiger partial charge is 0.391 e. The Morgan fingerprint density at radius 3 is 2.37 bits per heavy atom.